The lowest BCUT2D eigenvalue weighted by molar-refractivity contribution is -0.139. The van der Waals surface area contributed by atoms with Crippen LogP contribution >= 0.6 is 0 Å². The minimum atomic E-state index is -0.493. The summed E-state index contributed by atoms with van der Waals surface area (Å²) >= 11 is 0. The lowest BCUT2D eigenvalue weighted by Gasteiger charge is -2.33. The van der Waals surface area contributed by atoms with Gasteiger partial charge < -0.3 is 19.1 Å². The maximum absolute atomic E-state index is 12.3. The SMILES string of the molecule is COC(=O)C1=C(\N2CCOCC2)CCCC/C=C\1C(=O)OC. The molecule has 0 spiro atoms. The van der Waals surface area contributed by atoms with Crippen molar-refractivity contribution in [2.75, 3.05) is 40.5 Å². The summed E-state index contributed by atoms with van der Waals surface area (Å²) in [5.74, 6) is -0.979. The molecule has 6 heteroatoms. The average molecular weight is 309 g/mol. The molecule has 0 N–H and O–H groups in total. The molecule has 0 aromatic rings. The van der Waals surface area contributed by atoms with Crippen LogP contribution in [0.3, 0.4) is 0 Å². The first kappa shape index (κ1) is 16.5. The zero-order chi connectivity index (χ0) is 15.9. The van der Waals surface area contributed by atoms with Gasteiger partial charge in [-0.15, -0.1) is 0 Å². The van der Waals surface area contributed by atoms with Crippen LogP contribution in [-0.2, 0) is 23.8 Å². The Kier molecular flexibility index (Phi) is 6.00. The van der Waals surface area contributed by atoms with Crippen LogP contribution in [0.1, 0.15) is 25.7 Å². The summed E-state index contributed by atoms with van der Waals surface area (Å²) < 4.78 is 15.2. The topological polar surface area (TPSA) is 65.1 Å². The van der Waals surface area contributed by atoms with Gasteiger partial charge in [0.15, 0.2) is 0 Å². The fraction of sp³-hybridized carbons (Fsp3) is 0.625. The van der Waals surface area contributed by atoms with Crippen molar-refractivity contribution in [3.05, 3.63) is 22.9 Å². The van der Waals surface area contributed by atoms with Crippen molar-refractivity contribution in [2.45, 2.75) is 25.7 Å². The minimum absolute atomic E-state index is 0.315. The van der Waals surface area contributed by atoms with E-state index in [4.69, 9.17) is 14.2 Å². The van der Waals surface area contributed by atoms with Gasteiger partial charge in [0.1, 0.15) is 0 Å². The average Bonchev–Trinajstić information content (AvgIpc) is 2.54. The number of ether oxygens (including phenoxy) is 3. The Morgan fingerprint density at radius 2 is 1.77 bits per heavy atom. The number of hydrogen-bond acceptors (Lipinski definition) is 6. The molecule has 0 aromatic heterocycles. The highest BCUT2D eigenvalue weighted by Crippen LogP contribution is 2.28. The van der Waals surface area contributed by atoms with E-state index in [9.17, 15) is 9.59 Å². The van der Waals surface area contributed by atoms with Crippen molar-refractivity contribution in [3.63, 3.8) is 0 Å². The van der Waals surface area contributed by atoms with E-state index in [0.29, 0.717) is 37.4 Å². The van der Waals surface area contributed by atoms with Gasteiger partial charge in [-0.3, -0.25) is 0 Å². The Hall–Kier alpha value is -1.82. The molecule has 6 nitrogen and oxygen atoms in total. The van der Waals surface area contributed by atoms with E-state index in [-0.39, 0.29) is 0 Å². The van der Waals surface area contributed by atoms with Crippen LogP contribution in [0.25, 0.3) is 0 Å². The number of hydrogen-bond donors (Lipinski definition) is 0. The van der Waals surface area contributed by atoms with E-state index in [1.807, 2.05) is 0 Å². The third-order valence-electron chi connectivity index (χ3n) is 3.96. The van der Waals surface area contributed by atoms with Crippen molar-refractivity contribution >= 4 is 11.9 Å². The standard InChI is InChI=1S/C16H23NO5/c1-20-15(18)12-6-4-3-5-7-13(14(12)16(19)21-2)17-8-10-22-11-9-17/h6H,3-5,7-11H2,1-2H3/b12-6+,14-13-. The molecule has 0 unspecified atom stereocenters. The molecule has 1 fully saturated rings. The van der Waals surface area contributed by atoms with E-state index in [1.165, 1.54) is 14.2 Å². The van der Waals surface area contributed by atoms with Crippen LogP contribution < -0.4 is 0 Å². The van der Waals surface area contributed by atoms with Gasteiger partial charge in [-0.2, -0.15) is 0 Å². The van der Waals surface area contributed by atoms with Gasteiger partial charge >= 0.3 is 11.9 Å². The summed E-state index contributed by atoms with van der Waals surface area (Å²) in [6.07, 6.45) is 5.23. The van der Waals surface area contributed by atoms with Crippen LogP contribution in [0.2, 0.25) is 0 Å². The number of rotatable bonds is 3. The molecule has 0 atom stereocenters. The minimum Gasteiger partial charge on any atom is -0.465 e. The summed E-state index contributed by atoms with van der Waals surface area (Å²) in [5, 5.41) is 0. The van der Waals surface area contributed by atoms with Crippen molar-refractivity contribution < 1.29 is 23.8 Å². The first-order chi connectivity index (χ1) is 10.7. The summed E-state index contributed by atoms with van der Waals surface area (Å²) in [7, 11) is 2.66. The zero-order valence-corrected chi connectivity index (χ0v) is 13.2. The Morgan fingerprint density at radius 3 is 2.41 bits per heavy atom. The molecule has 122 valence electrons. The van der Waals surface area contributed by atoms with Crippen LogP contribution in [-0.4, -0.2) is 57.4 Å². The molecule has 22 heavy (non-hydrogen) atoms. The van der Waals surface area contributed by atoms with Crippen molar-refractivity contribution in [1.82, 2.24) is 4.90 Å². The summed E-state index contributed by atoms with van der Waals surface area (Å²) in [4.78, 5) is 26.6. The second kappa shape index (κ2) is 7.98. The number of morpholine rings is 1. The predicted molar refractivity (Wildman–Crippen MR) is 80.0 cm³/mol. The molecule has 0 radical (unpaired) electrons. The lowest BCUT2D eigenvalue weighted by atomic mass is 9.94. The second-order valence-electron chi connectivity index (χ2n) is 5.27. The van der Waals surface area contributed by atoms with Crippen molar-refractivity contribution in [1.29, 1.82) is 0 Å². The number of esters is 2. The fourth-order valence-electron chi connectivity index (χ4n) is 2.84. The Morgan fingerprint density at radius 1 is 1.09 bits per heavy atom. The van der Waals surface area contributed by atoms with Gasteiger partial charge in [-0.25, -0.2) is 9.59 Å². The molecule has 2 aliphatic rings. The van der Waals surface area contributed by atoms with Gasteiger partial charge in [-0.05, 0) is 25.7 Å². The molecule has 0 amide bonds. The molecule has 0 bridgehead atoms. The van der Waals surface area contributed by atoms with Crippen LogP contribution in [0.5, 0.6) is 0 Å². The smallest absolute Gasteiger partial charge is 0.340 e. The van der Waals surface area contributed by atoms with Crippen molar-refractivity contribution in [3.8, 4) is 0 Å². The summed E-state index contributed by atoms with van der Waals surface area (Å²) in [5.41, 5.74) is 1.53. The van der Waals surface area contributed by atoms with E-state index >= 15 is 0 Å². The maximum atomic E-state index is 12.3. The third kappa shape index (κ3) is 3.68. The van der Waals surface area contributed by atoms with Crippen LogP contribution in [0, 0.1) is 0 Å². The normalized spacial score (nSPS) is 25.5. The van der Waals surface area contributed by atoms with Gasteiger partial charge in [0.25, 0.3) is 0 Å². The number of carbonyl (C=O) groups is 2. The Bertz CT molecular complexity index is 489. The maximum Gasteiger partial charge on any atom is 0.340 e. The monoisotopic (exact) mass is 309 g/mol. The van der Waals surface area contributed by atoms with Gasteiger partial charge in [0, 0.05) is 18.8 Å². The highest BCUT2D eigenvalue weighted by molar-refractivity contribution is 6.07. The fourth-order valence-corrected chi connectivity index (χ4v) is 2.84. The largest absolute Gasteiger partial charge is 0.465 e. The third-order valence-corrected chi connectivity index (χ3v) is 3.96. The highest BCUT2D eigenvalue weighted by Gasteiger charge is 2.29. The first-order valence-corrected chi connectivity index (χ1v) is 7.62. The van der Waals surface area contributed by atoms with Crippen LogP contribution in [0.4, 0.5) is 0 Å². The van der Waals surface area contributed by atoms with E-state index in [1.54, 1.807) is 6.08 Å². The second-order valence-corrected chi connectivity index (χ2v) is 5.27. The predicted octanol–water partition coefficient (Wildman–Crippen LogP) is 1.42. The van der Waals surface area contributed by atoms with Gasteiger partial charge in [0.2, 0.25) is 0 Å². The quantitative estimate of drug-likeness (QED) is 0.735. The Balaban J connectivity index is 2.49. The van der Waals surface area contributed by atoms with Gasteiger partial charge in [0.05, 0.1) is 38.6 Å². The lowest BCUT2D eigenvalue weighted by Crippen LogP contribution is -2.37. The van der Waals surface area contributed by atoms with E-state index in [0.717, 1.165) is 31.4 Å². The number of methoxy groups -OCH3 is 2. The summed E-state index contributed by atoms with van der Waals surface area (Å²) in [6.45, 7) is 2.67. The van der Waals surface area contributed by atoms with E-state index < -0.39 is 11.9 Å². The molecule has 0 aromatic carbocycles. The number of nitrogens with zero attached hydrogens (tertiary/aromatic N) is 1. The molecule has 1 aliphatic carbocycles. The number of carbonyl (C=O) groups excluding carboxylic acids is 2. The molecule has 1 heterocycles. The van der Waals surface area contributed by atoms with E-state index in [2.05, 4.69) is 4.90 Å². The number of allylic oxidation sites excluding steroid dienone is 2. The van der Waals surface area contributed by atoms with Crippen LogP contribution in [0.15, 0.2) is 22.9 Å². The molecule has 1 aliphatic heterocycles. The molecular weight excluding hydrogens is 286 g/mol. The molecule has 0 saturated carbocycles. The Labute approximate surface area is 130 Å². The molecule has 2 rings (SSSR count). The van der Waals surface area contributed by atoms with Crippen molar-refractivity contribution in [2.24, 2.45) is 0 Å². The molecule has 1 saturated heterocycles. The zero-order valence-electron chi connectivity index (χ0n) is 13.2. The first-order valence-electron chi connectivity index (χ1n) is 7.62. The summed E-state index contributed by atoms with van der Waals surface area (Å²) in [6, 6.07) is 0. The highest BCUT2D eigenvalue weighted by atomic mass is 16.5. The van der Waals surface area contributed by atoms with Gasteiger partial charge in [-0.1, -0.05) is 6.08 Å². The molecular formula is C16H23NO5.